The lowest BCUT2D eigenvalue weighted by Crippen LogP contribution is -2.43. The van der Waals surface area contributed by atoms with Crippen molar-refractivity contribution in [2.75, 3.05) is 18.0 Å². The van der Waals surface area contributed by atoms with Gasteiger partial charge in [-0.1, -0.05) is 18.2 Å². The van der Waals surface area contributed by atoms with Crippen molar-refractivity contribution in [1.82, 2.24) is 20.3 Å². The normalized spacial score (nSPS) is 17.2. The third kappa shape index (κ3) is 4.34. The van der Waals surface area contributed by atoms with Gasteiger partial charge in [-0.15, -0.1) is 0 Å². The molecule has 1 fully saturated rings. The number of amides is 1. The van der Waals surface area contributed by atoms with Gasteiger partial charge in [-0.3, -0.25) is 9.78 Å². The Kier molecular flexibility index (Phi) is 5.52. The molecule has 1 aliphatic rings. The number of aromatic nitrogens is 3. The van der Waals surface area contributed by atoms with Gasteiger partial charge in [0.05, 0.1) is 23.4 Å². The van der Waals surface area contributed by atoms with Crippen molar-refractivity contribution in [3.63, 3.8) is 0 Å². The molecule has 3 heterocycles. The molecule has 0 unspecified atom stereocenters. The molecule has 3 aromatic rings. The standard InChI is InChI=1S/C21H20F3N5O/c22-21(23,24)17-6-2-1-4-14(17)11-28-20(30)15-5-3-9-29(13-15)16-10-18-19(27-12-16)26-8-7-25-18/h1-2,4,6-8,10,12,15H,3,5,9,11,13H2,(H,28,30)/t15-/m1/s1. The highest BCUT2D eigenvalue weighted by atomic mass is 19.4. The molecule has 0 spiro atoms. The molecule has 1 aliphatic heterocycles. The number of alkyl halides is 3. The fourth-order valence-electron chi connectivity index (χ4n) is 3.72. The molecule has 2 aromatic heterocycles. The zero-order valence-corrected chi connectivity index (χ0v) is 16.1. The second kappa shape index (κ2) is 8.25. The Bertz CT molecular complexity index is 1060. The summed E-state index contributed by atoms with van der Waals surface area (Å²) >= 11 is 0. The summed E-state index contributed by atoms with van der Waals surface area (Å²) in [5.74, 6) is -0.556. The molecule has 6 nitrogen and oxygen atoms in total. The second-order valence-corrected chi connectivity index (χ2v) is 7.25. The van der Waals surface area contributed by atoms with Gasteiger partial charge in [-0.05, 0) is 30.5 Å². The van der Waals surface area contributed by atoms with Crippen LogP contribution in [0.3, 0.4) is 0 Å². The molecule has 0 aliphatic carbocycles. The van der Waals surface area contributed by atoms with Gasteiger partial charge in [0.2, 0.25) is 5.91 Å². The number of halogens is 3. The van der Waals surface area contributed by atoms with Crippen LogP contribution in [0.1, 0.15) is 24.0 Å². The van der Waals surface area contributed by atoms with Crippen LogP contribution in [0.2, 0.25) is 0 Å². The van der Waals surface area contributed by atoms with Crippen LogP contribution in [0.5, 0.6) is 0 Å². The van der Waals surface area contributed by atoms with Crippen molar-refractivity contribution >= 4 is 22.8 Å². The number of fused-ring (bicyclic) bond motifs is 1. The van der Waals surface area contributed by atoms with E-state index in [4.69, 9.17) is 0 Å². The minimum absolute atomic E-state index is 0.0586. The SMILES string of the molecule is O=C(NCc1ccccc1C(F)(F)F)[C@@H]1CCCN(c2cnc3nccnc3c2)C1. The molecule has 1 N–H and O–H groups in total. The predicted octanol–water partition coefficient (Wildman–Crippen LogP) is 3.58. The minimum Gasteiger partial charge on any atom is -0.369 e. The van der Waals surface area contributed by atoms with E-state index in [0.717, 1.165) is 24.7 Å². The van der Waals surface area contributed by atoms with Gasteiger partial charge < -0.3 is 10.2 Å². The van der Waals surface area contributed by atoms with Crippen LogP contribution >= 0.6 is 0 Å². The van der Waals surface area contributed by atoms with Crippen molar-refractivity contribution in [3.05, 3.63) is 60.0 Å². The topological polar surface area (TPSA) is 71.0 Å². The molecule has 1 saturated heterocycles. The monoisotopic (exact) mass is 415 g/mol. The van der Waals surface area contributed by atoms with Gasteiger partial charge in [-0.2, -0.15) is 13.2 Å². The maximum Gasteiger partial charge on any atom is 0.416 e. The number of piperidine rings is 1. The lowest BCUT2D eigenvalue weighted by atomic mass is 9.96. The maximum atomic E-state index is 13.1. The van der Waals surface area contributed by atoms with Gasteiger partial charge in [0.15, 0.2) is 5.65 Å². The summed E-state index contributed by atoms with van der Waals surface area (Å²) in [6.07, 6.45) is 1.91. The number of rotatable bonds is 4. The lowest BCUT2D eigenvalue weighted by Gasteiger charge is -2.33. The van der Waals surface area contributed by atoms with E-state index >= 15 is 0 Å². The van der Waals surface area contributed by atoms with Crippen LogP contribution in [0.4, 0.5) is 18.9 Å². The van der Waals surface area contributed by atoms with Crippen molar-refractivity contribution in [2.45, 2.75) is 25.6 Å². The van der Waals surface area contributed by atoms with Gasteiger partial charge >= 0.3 is 6.18 Å². The number of carbonyl (C=O) groups excluding carboxylic acids is 1. The van der Waals surface area contributed by atoms with E-state index in [-0.39, 0.29) is 23.9 Å². The number of hydrogen-bond donors (Lipinski definition) is 1. The van der Waals surface area contributed by atoms with Gasteiger partial charge in [0.1, 0.15) is 5.52 Å². The Hall–Kier alpha value is -3.23. The number of anilines is 1. The molecule has 156 valence electrons. The summed E-state index contributed by atoms with van der Waals surface area (Å²) < 4.78 is 39.4. The average Bonchev–Trinajstić information content (AvgIpc) is 2.77. The molecule has 30 heavy (non-hydrogen) atoms. The minimum atomic E-state index is -4.45. The highest BCUT2D eigenvalue weighted by Gasteiger charge is 2.33. The van der Waals surface area contributed by atoms with Gasteiger partial charge in [0.25, 0.3) is 0 Å². The van der Waals surface area contributed by atoms with E-state index in [0.29, 0.717) is 24.1 Å². The van der Waals surface area contributed by atoms with Crippen LogP contribution < -0.4 is 10.2 Å². The molecule has 0 bridgehead atoms. The lowest BCUT2D eigenvalue weighted by molar-refractivity contribution is -0.138. The van der Waals surface area contributed by atoms with Crippen LogP contribution in [0.15, 0.2) is 48.9 Å². The Morgan fingerprint density at radius 3 is 2.80 bits per heavy atom. The highest BCUT2D eigenvalue weighted by molar-refractivity contribution is 5.80. The number of hydrogen-bond acceptors (Lipinski definition) is 5. The average molecular weight is 415 g/mol. The molecule has 4 rings (SSSR count). The van der Waals surface area contributed by atoms with E-state index in [2.05, 4.69) is 25.2 Å². The molecular formula is C21H20F3N5O. The number of benzene rings is 1. The summed E-state index contributed by atoms with van der Waals surface area (Å²) in [5.41, 5.74) is 1.41. The van der Waals surface area contributed by atoms with Crippen molar-refractivity contribution in [3.8, 4) is 0 Å². The Balaban J connectivity index is 1.43. The van der Waals surface area contributed by atoms with Crippen LogP contribution in [0, 0.1) is 5.92 Å². The third-order valence-corrected chi connectivity index (χ3v) is 5.24. The number of nitrogens with zero attached hydrogens (tertiary/aromatic N) is 4. The maximum absolute atomic E-state index is 13.1. The van der Waals surface area contributed by atoms with Crippen LogP contribution in [-0.2, 0) is 17.5 Å². The van der Waals surface area contributed by atoms with Crippen LogP contribution in [0.25, 0.3) is 11.2 Å². The first-order valence-electron chi connectivity index (χ1n) is 9.66. The number of nitrogens with one attached hydrogen (secondary N) is 1. The number of carbonyl (C=O) groups is 1. The smallest absolute Gasteiger partial charge is 0.369 e. The highest BCUT2D eigenvalue weighted by Crippen LogP contribution is 2.32. The van der Waals surface area contributed by atoms with E-state index in [1.165, 1.54) is 18.2 Å². The van der Waals surface area contributed by atoms with E-state index in [1.54, 1.807) is 18.6 Å². The Morgan fingerprint density at radius 1 is 1.17 bits per heavy atom. The first-order valence-corrected chi connectivity index (χ1v) is 9.66. The first-order chi connectivity index (χ1) is 14.4. The zero-order valence-electron chi connectivity index (χ0n) is 16.1. The summed E-state index contributed by atoms with van der Waals surface area (Å²) in [6.45, 7) is 1.09. The molecule has 1 amide bonds. The van der Waals surface area contributed by atoms with E-state index < -0.39 is 11.7 Å². The van der Waals surface area contributed by atoms with Gasteiger partial charge in [-0.25, -0.2) is 9.97 Å². The molecule has 0 radical (unpaired) electrons. The number of pyridine rings is 1. The molecular weight excluding hydrogens is 395 g/mol. The molecule has 1 aromatic carbocycles. The third-order valence-electron chi connectivity index (χ3n) is 5.24. The summed E-state index contributed by atoms with van der Waals surface area (Å²) in [6, 6.07) is 7.18. The molecule has 9 heteroatoms. The molecule has 0 saturated carbocycles. The first kappa shape index (κ1) is 20.1. The largest absolute Gasteiger partial charge is 0.416 e. The second-order valence-electron chi connectivity index (χ2n) is 7.25. The quantitative estimate of drug-likeness (QED) is 0.705. The summed E-state index contributed by atoms with van der Waals surface area (Å²) in [5, 5.41) is 2.68. The van der Waals surface area contributed by atoms with E-state index in [9.17, 15) is 18.0 Å². The van der Waals surface area contributed by atoms with Gasteiger partial charge in [0, 0.05) is 32.0 Å². The fraction of sp³-hybridized carbons (Fsp3) is 0.333. The molecule has 1 atom stereocenters. The zero-order chi connectivity index (χ0) is 21.1. The van der Waals surface area contributed by atoms with Crippen molar-refractivity contribution in [2.24, 2.45) is 5.92 Å². The van der Waals surface area contributed by atoms with Crippen molar-refractivity contribution < 1.29 is 18.0 Å². The Labute approximate surface area is 171 Å². The fourth-order valence-corrected chi connectivity index (χ4v) is 3.72. The van der Waals surface area contributed by atoms with Crippen molar-refractivity contribution in [1.29, 1.82) is 0 Å². The summed E-state index contributed by atoms with van der Waals surface area (Å²) in [7, 11) is 0. The van der Waals surface area contributed by atoms with Crippen LogP contribution in [-0.4, -0.2) is 33.9 Å². The van der Waals surface area contributed by atoms with E-state index in [1.807, 2.05) is 6.07 Å². The predicted molar refractivity (Wildman–Crippen MR) is 106 cm³/mol. The Morgan fingerprint density at radius 2 is 1.97 bits per heavy atom. The summed E-state index contributed by atoms with van der Waals surface area (Å²) in [4.78, 5) is 27.4.